The molecule has 0 aromatic rings. The second-order valence-corrected chi connectivity index (χ2v) is 7.81. The second-order valence-electron chi connectivity index (χ2n) is 7.81. The Kier molecular flexibility index (Phi) is 16.8. The van der Waals surface area contributed by atoms with E-state index in [0.29, 0.717) is 6.04 Å². The van der Waals surface area contributed by atoms with Crippen molar-refractivity contribution in [2.75, 3.05) is 19.8 Å². The van der Waals surface area contributed by atoms with E-state index in [-0.39, 0.29) is 0 Å². The molecule has 1 heterocycles. The zero-order valence-corrected chi connectivity index (χ0v) is 17.1. The van der Waals surface area contributed by atoms with Crippen LogP contribution in [-0.4, -0.2) is 25.8 Å². The number of hydrogen-bond acceptors (Lipinski definition) is 2. The fourth-order valence-corrected chi connectivity index (χ4v) is 3.58. The molecule has 0 aromatic carbocycles. The van der Waals surface area contributed by atoms with Crippen molar-refractivity contribution in [3.63, 3.8) is 0 Å². The number of hydrogen-bond donors (Lipinski definition) is 1. The molecule has 1 saturated heterocycles. The summed E-state index contributed by atoms with van der Waals surface area (Å²) in [4.78, 5) is 0. The number of allylic oxidation sites excluding steroid dienone is 2. The first-order chi connectivity index (χ1) is 12.4. The van der Waals surface area contributed by atoms with Gasteiger partial charge in [-0.15, -0.1) is 0 Å². The molecule has 1 rings (SSSR count). The Balaban J connectivity index is 1.68. The van der Waals surface area contributed by atoms with Gasteiger partial charge in [-0.05, 0) is 51.5 Å². The average Bonchev–Trinajstić information content (AvgIpc) is 3.14. The molecule has 148 valence electrons. The van der Waals surface area contributed by atoms with Crippen LogP contribution in [0.3, 0.4) is 0 Å². The van der Waals surface area contributed by atoms with Crippen molar-refractivity contribution in [3.05, 3.63) is 12.2 Å². The van der Waals surface area contributed by atoms with Gasteiger partial charge in [0, 0.05) is 12.6 Å². The molecule has 0 unspecified atom stereocenters. The molecular formula is C23H45NO. The zero-order valence-electron chi connectivity index (χ0n) is 17.1. The minimum absolute atomic E-state index is 0.633. The first-order valence-corrected chi connectivity index (χ1v) is 11.4. The smallest absolute Gasteiger partial charge is 0.0619 e. The highest BCUT2D eigenvalue weighted by molar-refractivity contribution is 4.81. The van der Waals surface area contributed by atoms with Gasteiger partial charge in [0.25, 0.3) is 0 Å². The predicted octanol–water partition coefficient (Wildman–Crippen LogP) is 6.79. The average molecular weight is 352 g/mol. The number of rotatable bonds is 18. The van der Waals surface area contributed by atoms with E-state index in [1.54, 1.807) is 0 Å². The van der Waals surface area contributed by atoms with Crippen LogP contribution in [0.15, 0.2) is 12.2 Å². The molecule has 0 amide bonds. The third kappa shape index (κ3) is 15.6. The third-order valence-electron chi connectivity index (χ3n) is 5.28. The lowest BCUT2D eigenvalue weighted by Crippen LogP contribution is -2.26. The maximum absolute atomic E-state index is 5.77. The molecule has 0 aromatic heterocycles. The Bertz CT molecular complexity index is 284. The van der Waals surface area contributed by atoms with Crippen molar-refractivity contribution in [2.45, 2.75) is 116 Å². The Morgan fingerprint density at radius 2 is 1.40 bits per heavy atom. The highest BCUT2D eigenvalue weighted by atomic mass is 16.5. The minimum Gasteiger partial charge on any atom is -0.380 e. The van der Waals surface area contributed by atoms with Gasteiger partial charge in [-0.1, -0.05) is 76.9 Å². The van der Waals surface area contributed by atoms with Crippen LogP contribution in [0.25, 0.3) is 0 Å². The Labute approximate surface area is 158 Å². The molecule has 0 spiro atoms. The van der Waals surface area contributed by atoms with Crippen LogP contribution >= 0.6 is 0 Å². The fraction of sp³-hybridized carbons (Fsp3) is 0.913. The highest BCUT2D eigenvalue weighted by Crippen LogP contribution is 2.10. The summed E-state index contributed by atoms with van der Waals surface area (Å²) in [5, 5.41) is 3.48. The second kappa shape index (κ2) is 18.5. The van der Waals surface area contributed by atoms with Crippen LogP contribution in [0.1, 0.15) is 110 Å². The van der Waals surface area contributed by atoms with Crippen molar-refractivity contribution in [1.82, 2.24) is 5.32 Å². The maximum atomic E-state index is 5.77. The van der Waals surface area contributed by atoms with Gasteiger partial charge in [0.05, 0.1) is 6.61 Å². The first-order valence-electron chi connectivity index (χ1n) is 11.4. The van der Waals surface area contributed by atoms with Crippen LogP contribution in [-0.2, 0) is 4.74 Å². The molecule has 0 radical (unpaired) electrons. The van der Waals surface area contributed by atoms with E-state index in [9.17, 15) is 0 Å². The number of ether oxygens (including phenoxy) is 1. The lowest BCUT2D eigenvalue weighted by molar-refractivity contribution is 0.112. The van der Waals surface area contributed by atoms with E-state index in [0.717, 1.165) is 13.2 Å². The maximum Gasteiger partial charge on any atom is 0.0619 e. The van der Waals surface area contributed by atoms with Crippen molar-refractivity contribution in [1.29, 1.82) is 0 Å². The lowest BCUT2D eigenvalue weighted by atomic mass is 10.1. The Morgan fingerprint density at radius 3 is 2.00 bits per heavy atom. The first kappa shape index (κ1) is 22.7. The summed E-state index contributed by atoms with van der Waals surface area (Å²) in [6, 6.07) is 0.633. The van der Waals surface area contributed by atoms with Crippen molar-refractivity contribution in [2.24, 2.45) is 0 Å². The number of unbranched alkanes of at least 4 members (excludes halogenated alkanes) is 12. The molecule has 0 saturated carbocycles. The quantitative estimate of drug-likeness (QED) is 0.217. The van der Waals surface area contributed by atoms with Gasteiger partial charge in [0.2, 0.25) is 0 Å². The monoisotopic (exact) mass is 351 g/mol. The predicted molar refractivity (Wildman–Crippen MR) is 111 cm³/mol. The van der Waals surface area contributed by atoms with Crippen molar-refractivity contribution < 1.29 is 4.74 Å². The lowest BCUT2D eigenvalue weighted by Gasteiger charge is -2.10. The van der Waals surface area contributed by atoms with E-state index in [4.69, 9.17) is 4.74 Å². The van der Waals surface area contributed by atoms with E-state index >= 15 is 0 Å². The summed E-state index contributed by atoms with van der Waals surface area (Å²) in [5.41, 5.74) is 0. The normalized spacial score (nSPS) is 17.7. The number of nitrogens with one attached hydrogen (secondary N) is 1. The summed E-state index contributed by atoms with van der Waals surface area (Å²) in [6.45, 7) is 5.35. The minimum atomic E-state index is 0.633. The van der Waals surface area contributed by atoms with E-state index in [1.165, 1.54) is 109 Å². The molecule has 1 aliphatic heterocycles. The Hall–Kier alpha value is -0.340. The molecule has 25 heavy (non-hydrogen) atoms. The van der Waals surface area contributed by atoms with Gasteiger partial charge in [-0.25, -0.2) is 0 Å². The van der Waals surface area contributed by atoms with Gasteiger partial charge in [0.15, 0.2) is 0 Å². The molecule has 0 aliphatic carbocycles. The van der Waals surface area contributed by atoms with Gasteiger partial charge in [0.1, 0.15) is 0 Å². The standard InChI is InChI=1S/C23H45NO/c1-2-3-4-5-6-7-8-9-10-11-12-13-14-15-16-17-21-25-22-23-19-18-20-24-23/h9-10,23-24H,2-8,11-22H2,1H3/b10-9-/t23-/m0/s1. The molecule has 1 N–H and O–H groups in total. The van der Waals surface area contributed by atoms with Crippen molar-refractivity contribution in [3.8, 4) is 0 Å². The molecule has 0 bridgehead atoms. The highest BCUT2D eigenvalue weighted by Gasteiger charge is 2.13. The van der Waals surface area contributed by atoms with E-state index < -0.39 is 0 Å². The topological polar surface area (TPSA) is 21.3 Å². The summed E-state index contributed by atoms with van der Waals surface area (Å²) >= 11 is 0. The van der Waals surface area contributed by atoms with Crippen LogP contribution in [0.5, 0.6) is 0 Å². The van der Waals surface area contributed by atoms with Gasteiger partial charge in [-0.3, -0.25) is 0 Å². The molecular weight excluding hydrogens is 306 g/mol. The van der Waals surface area contributed by atoms with Gasteiger partial charge >= 0.3 is 0 Å². The molecule has 2 nitrogen and oxygen atoms in total. The van der Waals surface area contributed by atoms with Crippen LogP contribution in [0.4, 0.5) is 0 Å². The summed E-state index contributed by atoms with van der Waals surface area (Å²) in [7, 11) is 0. The fourth-order valence-electron chi connectivity index (χ4n) is 3.58. The van der Waals surface area contributed by atoms with Crippen LogP contribution in [0.2, 0.25) is 0 Å². The summed E-state index contributed by atoms with van der Waals surface area (Å²) in [5.74, 6) is 0. The largest absolute Gasteiger partial charge is 0.380 e. The third-order valence-corrected chi connectivity index (χ3v) is 5.28. The van der Waals surface area contributed by atoms with Crippen molar-refractivity contribution >= 4 is 0 Å². The SMILES string of the molecule is CCCCCCCC/C=C\CCCCCCCCOC[C@@H]1CCCN1. The molecule has 2 heteroatoms. The Morgan fingerprint density at radius 1 is 0.800 bits per heavy atom. The van der Waals surface area contributed by atoms with Gasteiger partial charge < -0.3 is 10.1 Å². The molecule has 1 aliphatic rings. The van der Waals surface area contributed by atoms with E-state index in [1.807, 2.05) is 0 Å². The van der Waals surface area contributed by atoms with E-state index in [2.05, 4.69) is 24.4 Å². The van der Waals surface area contributed by atoms with Crippen LogP contribution in [0, 0.1) is 0 Å². The zero-order chi connectivity index (χ0) is 17.8. The summed E-state index contributed by atoms with van der Waals surface area (Å²) < 4.78 is 5.77. The molecule has 1 fully saturated rings. The summed E-state index contributed by atoms with van der Waals surface area (Å²) in [6.07, 6.45) is 26.6. The van der Waals surface area contributed by atoms with Gasteiger partial charge in [-0.2, -0.15) is 0 Å². The molecule has 1 atom stereocenters. The van der Waals surface area contributed by atoms with Crippen LogP contribution < -0.4 is 5.32 Å².